The summed E-state index contributed by atoms with van der Waals surface area (Å²) in [5, 5.41) is 6.87. The van der Waals surface area contributed by atoms with Crippen LogP contribution in [0.25, 0.3) is 0 Å². The Morgan fingerprint density at radius 2 is 1.85 bits per heavy atom. The molecular formula is C17H27N3. The van der Waals surface area contributed by atoms with Crippen LogP contribution in [-0.2, 0) is 6.42 Å². The van der Waals surface area contributed by atoms with Gasteiger partial charge in [0, 0.05) is 20.1 Å². The van der Waals surface area contributed by atoms with Gasteiger partial charge in [-0.1, -0.05) is 50.1 Å². The first-order valence-corrected chi connectivity index (χ1v) is 7.70. The number of rotatable bonds is 5. The average Bonchev–Trinajstić information content (AvgIpc) is 2.91. The molecule has 0 spiro atoms. The minimum Gasteiger partial charge on any atom is -0.356 e. The van der Waals surface area contributed by atoms with Crippen LogP contribution in [0.4, 0.5) is 0 Å². The van der Waals surface area contributed by atoms with Crippen molar-refractivity contribution in [2.75, 3.05) is 20.1 Å². The van der Waals surface area contributed by atoms with Crippen LogP contribution < -0.4 is 10.6 Å². The molecule has 20 heavy (non-hydrogen) atoms. The first-order chi connectivity index (χ1) is 9.72. The third kappa shape index (κ3) is 4.55. The summed E-state index contributed by atoms with van der Waals surface area (Å²) in [6.07, 6.45) is 6.44. The molecule has 1 aliphatic rings. The van der Waals surface area contributed by atoms with E-state index in [1.165, 1.54) is 31.2 Å². The van der Waals surface area contributed by atoms with Gasteiger partial charge in [-0.2, -0.15) is 0 Å². The smallest absolute Gasteiger partial charge is 0.191 e. The highest BCUT2D eigenvalue weighted by molar-refractivity contribution is 5.79. The highest BCUT2D eigenvalue weighted by Crippen LogP contribution is 2.36. The third-order valence-electron chi connectivity index (χ3n) is 4.27. The molecule has 1 saturated carbocycles. The molecule has 1 fully saturated rings. The van der Waals surface area contributed by atoms with Gasteiger partial charge in [-0.25, -0.2) is 0 Å². The third-order valence-corrected chi connectivity index (χ3v) is 4.27. The second kappa shape index (κ2) is 7.32. The largest absolute Gasteiger partial charge is 0.356 e. The Hall–Kier alpha value is -1.51. The van der Waals surface area contributed by atoms with Gasteiger partial charge in [0.05, 0.1) is 0 Å². The molecule has 3 heteroatoms. The molecule has 0 heterocycles. The second-order valence-corrected chi connectivity index (χ2v) is 6.11. The molecule has 0 saturated heterocycles. The molecule has 0 amide bonds. The predicted molar refractivity (Wildman–Crippen MR) is 86.1 cm³/mol. The van der Waals surface area contributed by atoms with Crippen LogP contribution >= 0.6 is 0 Å². The monoisotopic (exact) mass is 273 g/mol. The normalized spacial score (nSPS) is 18.0. The zero-order valence-corrected chi connectivity index (χ0v) is 12.8. The number of nitrogens with one attached hydrogen (secondary N) is 2. The fourth-order valence-corrected chi connectivity index (χ4v) is 2.89. The van der Waals surface area contributed by atoms with Crippen molar-refractivity contribution >= 4 is 5.96 Å². The molecule has 110 valence electrons. The zero-order valence-electron chi connectivity index (χ0n) is 12.8. The predicted octanol–water partition coefficient (Wildman–Crippen LogP) is 2.97. The lowest BCUT2D eigenvalue weighted by Gasteiger charge is -2.25. The first-order valence-electron chi connectivity index (χ1n) is 7.70. The van der Waals surface area contributed by atoms with Gasteiger partial charge in [-0.05, 0) is 30.2 Å². The van der Waals surface area contributed by atoms with Gasteiger partial charge in [0.25, 0.3) is 0 Å². The zero-order chi connectivity index (χ0) is 14.3. The van der Waals surface area contributed by atoms with Gasteiger partial charge in [0.1, 0.15) is 0 Å². The highest BCUT2D eigenvalue weighted by Gasteiger charge is 2.28. The Bertz CT molecular complexity index is 419. The molecule has 3 nitrogen and oxygen atoms in total. The molecule has 0 radical (unpaired) electrons. The molecule has 0 bridgehead atoms. The lowest BCUT2D eigenvalue weighted by molar-refractivity contribution is 0.334. The Morgan fingerprint density at radius 3 is 2.50 bits per heavy atom. The average molecular weight is 273 g/mol. The van der Waals surface area contributed by atoms with Gasteiger partial charge in [-0.15, -0.1) is 0 Å². The second-order valence-electron chi connectivity index (χ2n) is 6.11. The highest BCUT2D eigenvalue weighted by atomic mass is 15.2. The number of hydrogen-bond donors (Lipinski definition) is 2. The minimum atomic E-state index is 0.455. The quantitative estimate of drug-likeness (QED) is 0.639. The Morgan fingerprint density at radius 1 is 1.15 bits per heavy atom. The van der Waals surface area contributed by atoms with E-state index in [0.29, 0.717) is 5.41 Å². The standard InChI is InChI=1S/C17H27N3/c1-17(11-6-7-12-17)14-20-16(18-2)19-13-10-15-8-4-3-5-9-15/h3-5,8-9H,6-7,10-14H2,1-2H3,(H2,18,19,20). The molecule has 2 N–H and O–H groups in total. The molecule has 0 atom stereocenters. The summed E-state index contributed by atoms with van der Waals surface area (Å²) in [4.78, 5) is 4.31. The maximum Gasteiger partial charge on any atom is 0.191 e. The van der Waals surface area contributed by atoms with Crippen LogP contribution in [-0.4, -0.2) is 26.1 Å². The summed E-state index contributed by atoms with van der Waals surface area (Å²) in [5.41, 5.74) is 1.81. The molecule has 1 aromatic carbocycles. The number of guanidine groups is 1. The summed E-state index contributed by atoms with van der Waals surface area (Å²) >= 11 is 0. The number of nitrogens with zero attached hydrogens (tertiary/aromatic N) is 1. The fraction of sp³-hybridized carbons (Fsp3) is 0.588. The lowest BCUT2D eigenvalue weighted by atomic mass is 9.89. The van der Waals surface area contributed by atoms with E-state index in [-0.39, 0.29) is 0 Å². The van der Waals surface area contributed by atoms with E-state index in [1.807, 2.05) is 7.05 Å². The van der Waals surface area contributed by atoms with Crippen molar-refractivity contribution in [1.82, 2.24) is 10.6 Å². The molecule has 0 aliphatic heterocycles. The molecule has 2 rings (SSSR count). The van der Waals surface area contributed by atoms with Crippen molar-refractivity contribution in [2.45, 2.75) is 39.0 Å². The Labute approximate surface area is 122 Å². The topological polar surface area (TPSA) is 36.4 Å². The molecule has 0 aromatic heterocycles. The SMILES string of the molecule is CN=C(NCCc1ccccc1)NCC1(C)CCCC1. The summed E-state index contributed by atoms with van der Waals surface area (Å²) < 4.78 is 0. The Kier molecular flexibility index (Phi) is 5.45. The van der Waals surface area contributed by atoms with Gasteiger partial charge in [-0.3, -0.25) is 4.99 Å². The summed E-state index contributed by atoms with van der Waals surface area (Å²) in [5.74, 6) is 0.925. The lowest BCUT2D eigenvalue weighted by Crippen LogP contribution is -2.42. The molecule has 0 unspecified atom stereocenters. The van der Waals surface area contributed by atoms with Crippen molar-refractivity contribution in [3.8, 4) is 0 Å². The number of aliphatic imine (C=N–C) groups is 1. The van der Waals surface area contributed by atoms with Gasteiger partial charge >= 0.3 is 0 Å². The van der Waals surface area contributed by atoms with E-state index < -0.39 is 0 Å². The fourth-order valence-electron chi connectivity index (χ4n) is 2.89. The van der Waals surface area contributed by atoms with Crippen molar-refractivity contribution in [1.29, 1.82) is 0 Å². The van der Waals surface area contributed by atoms with Crippen LogP contribution in [0.15, 0.2) is 35.3 Å². The molecular weight excluding hydrogens is 246 g/mol. The summed E-state index contributed by atoms with van der Waals surface area (Å²) in [7, 11) is 1.84. The van der Waals surface area contributed by atoms with Crippen molar-refractivity contribution in [3.05, 3.63) is 35.9 Å². The molecule has 1 aromatic rings. The van der Waals surface area contributed by atoms with Crippen molar-refractivity contribution in [3.63, 3.8) is 0 Å². The summed E-state index contributed by atoms with van der Waals surface area (Å²) in [6, 6.07) is 10.6. The van der Waals surface area contributed by atoms with Crippen molar-refractivity contribution in [2.24, 2.45) is 10.4 Å². The van der Waals surface area contributed by atoms with E-state index in [2.05, 4.69) is 52.9 Å². The van der Waals surface area contributed by atoms with Crippen molar-refractivity contribution < 1.29 is 0 Å². The van der Waals surface area contributed by atoms with Crippen LogP contribution in [0.3, 0.4) is 0 Å². The first kappa shape index (κ1) is 14.9. The van der Waals surface area contributed by atoms with Gasteiger partial charge in [0.2, 0.25) is 0 Å². The van der Waals surface area contributed by atoms with Crippen LogP contribution in [0.1, 0.15) is 38.2 Å². The van der Waals surface area contributed by atoms with E-state index in [1.54, 1.807) is 0 Å². The molecule has 1 aliphatic carbocycles. The van der Waals surface area contributed by atoms with E-state index in [0.717, 1.165) is 25.5 Å². The van der Waals surface area contributed by atoms with E-state index in [9.17, 15) is 0 Å². The van der Waals surface area contributed by atoms with Crippen LogP contribution in [0.5, 0.6) is 0 Å². The Balaban J connectivity index is 1.70. The number of hydrogen-bond acceptors (Lipinski definition) is 1. The van der Waals surface area contributed by atoms with E-state index >= 15 is 0 Å². The van der Waals surface area contributed by atoms with E-state index in [4.69, 9.17) is 0 Å². The van der Waals surface area contributed by atoms with Crippen LogP contribution in [0.2, 0.25) is 0 Å². The number of benzene rings is 1. The minimum absolute atomic E-state index is 0.455. The summed E-state index contributed by atoms with van der Waals surface area (Å²) in [6.45, 7) is 4.32. The maximum atomic E-state index is 4.31. The van der Waals surface area contributed by atoms with Gasteiger partial charge in [0.15, 0.2) is 5.96 Å². The maximum absolute atomic E-state index is 4.31. The van der Waals surface area contributed by atoms with Gasteiger partial charge < -0.3 is 10.6 Å². The van der Waals surface area contributed by atoms with Crippen LogP contribution in [0, 0.1) is 5.41 Å².